The molecule has 6 heteroatoms. The molecule has 1 fully saturated rings. The monoisotopic (exact) mass is 255 g/mol. The molecule has 0 amide bonds. The third kappa shape index (κ3) is 3.07. The Morgan fingerprint density at radius 1 is 1.50 bits per heavy atom. The predicted octanol–water partition coefficient (Wildman–Crippen LogP) is 1.39. The maximum absolute atomic E-state index is 5.95. The molecule has 1 saturated heterocycles. The van der Waals surface area contributed by atoms with Crippen LogP contribution in [0.5, 0.6) is 0 Å². The highest BCUT2D eigenvalue weighted by molar-refractivity contribution is 5.01. The fourth-order valence-electron chi connectivity index (χ4n) is 1.98. The molecule has 2 N–H and O–H groups in total. The third-order valence-corrected chi connectivity index (χ3v) is 3.09. The SMILES string of the molecule is CC(C)OCC(N)c1noc(C2CCOC2C)n1. The molecule has 1 aromatic rings. The van der Waals surface area contributed by atoms with E-state index in [9.17, 15) is 0 Å². The molecule has 0 spiro atoms. The molecule has 1 aliphatic heterocycles. The number of nitrogens with zero attached hydrogens (tertiary/aromatic N) is 2. The van der Waals surface area contributed by atoms with Gasteiger partial charge in [-0.1, -0.05) is 5.16 Å². The summed E-state index contributed by atoms with van der Waals surface area (Å²) < 4.78 is 16.2. The first-order chi connectivity index (χ1) is 8.58. The third-order valence-electron chi connectivity index (χ3n) is 3.09. The largest absolute Gasteiger partial charge is 0.378 e. The van der Waals surface area contributed by atoms with Gasteiger partial charge in [0.15, 0.2) is 5.82 Å². The normalized spacial score (nSPS) is 25.8. The minimum absolute atomic E-state index is 0.126. The summed E-state index contributed by atoms with van der Waals surface area (Å²) in [6, 6.07) is -0.345. The second-order valence-electron chi connectivity index (χ2n) is 4.95. The highest BCUT2D eigenvalue weighted by Gasteiger charge is 2.31. The minimum Gasteiger partial charge on any atom is -0.378 e. The molecule has 3 atom stereocenters. The van der Waals surface area contributed by atoms with Crippen LogP contribution >= 0.6 is 0 Å². The van der Waals surface area contributed by atoms with Gasteiger partial charge in [-0.3, -0.25) is 0 Å². The van der Waals surface area contributed by atoms with Crippen molar-refractivity contribution in [1.82, 2.24) is 10.1 Å². The second kappa shape index (κ2) is 5.77. The van der Waals surface area contributed by atoms with Gasteiger partial charge in [-0.2, -0.15) is 4.98 Å². The molecule has 1 aliphatic rings. The van der Waals surface area contributed by atoms with E-state index in [4.69, 9.17) is 19.7 Å². The smallest absolute Gasteiger partial charge is 0.232 e. The van der Waals surface area contributed by atoms with E-state index < -0.39 is 0 Å². The number of ether oxygens (including phenoxy) is 2. The maximum atomic E-state index is 5.95. The van der Waals surface area contributed by atoms with Crippen LogP contribution in [-0.4, -0.2) is 35.6 Å². The molecule has 0 saturated carbocycles. The lowest BCUT2D eigenvalue weighted by molar-refractivity contribution is 0.0665. The van der Waals surface area contributed by atoms with Crippen molar-refractivity contribution in [3.63, 3.8) is 0 Å². The second-order valence-corrected chi connectivity index (χ2v) is 4.95. The molecule has 102 valence electrons. The van der Waals surface area contributed by atoms with Gasteiger partial charge in [0.25, 0.3) is 0 Å². The quantitative estimate of drug-likeness (QED) is 0.856. The lowest BCUT2D eigenvalue weighted by Gasteiger charge is -2.11. The summed E-state index contributed by atoms with van der Waals surface area (Å²) in [5.74, 6) is 1.31. The van der Waals surface area contributed by atoms with E-state index >= 15 is 0 Å². The highest BCUT2D eigenvalue weighted by atomic mass is 16.5. The van der Waals surface area contributed by atoms with Crippen molar-refractivity contribution >= 4 is 0 Å². The summed E-state index contributed by atoms with van der Waals surface area (Å²) in [5, 5.41) is 3.93. The standard InChI is InChI=1S/C12H21N3O3/c1-7(2)17-6-10(13)11-14-12(18-15-11)9-4-5-16-8(9)3/h7-10H,4-6,13H2,1-3H3. The summed E-state index contributed by atoms with van der Waals surface area (Å²) in [6.07, 6.45) is 1.19. The van der Waals surface area contributed by atoms with Crippen molar-refractivity contribution in [3.05, 3.63) is 11.7 Å². The molecule has 0 bridgehead atoms. The first kappa shape index (κ1) is 13.5. The zero-order valence-corrected chi connectivity index (χ0v) is 11.1. The minimum atomic E-state index is -0.345. The Kier molecular flexibility index (Phi) is 4.31. The van der Waals surface area contributed by atoms with Crippen LogP contribution in [0.4, 0.5) is 0 Å². The molecule has 0 aromatic carbocycles. The van der Waals surface area contributed by atoms with E-state index in [-0.39, 0.29) is 24.2 Å². The van der Waals surface area contributed by atoms with Crippen LogP contribution in [0.3, 0.4) is 0 Å². The van der Waals surface area contributed by atoms with Gasteiger partial charge in [0.1, 0.15) is 0 Å². The number of nitrogens with two attached hydrogens (primary N) is 1. The van der Waals surface area contributed by atoms with Crippen LogP contribution in [-0.2, 0) is 9.47 Å². The molecule has 0 aliphatic carbocycles. The van der Waals surface area contributed by atoms with Crippen LogP contribution in [0.1, 0.15) is 50.9 Å². The zero-order chi connectivity index (χ0) is 13.1. The van der Waals surface area contributed by atoms with Crippen molar-refractivity contribution in [1.29, 1.82) is 0 Å². The molecular weight excluding hydrogens is 234 g/mol. The first-order valence-corrected chi connectivity index (χ1v) is 6.40. The van der Waals surface area contributed by atoms with E-state index in [1.165, 1.54) is 0 Å². The fourth-order valence-corrected chi connectivity index (χ4v) is 1.98. The Morgan fingerprint density at radius 2 is 2.28 bits per heavy atom. The topological polar surface area (TPSA) is 83.4 Å². The summed E-state index contributed by atoms with van der Waals surface area (Å²) in [7, 11) is 0. The van der Waals surface area contributed by atoms with Gasteiger partial charge in [0.05, 0.1) is 30.8 Å². The zero-order valence-electron chi connectivity index (χ0n) is 11.1. The van der Waals surface area contributed by atoms with Crippen molar-refractivity contribution < 1.29 is 14.0 Å². The number of hydrogen-bond acceptors (Lipinski definition) is 6. The van der Waals surface area contributed by atoms with Gasteiger partial charge in [-0.05, 0) is 27.2 Å². The van der Waals surface area contributed by atoms with E-state index in [1.807, 2.05) is 20.8 Å². The van der Waals surface area contributed by atoms with Gasteiger partial charge < -0.3 is 19.7 Å². The van der Waals surface area contributed by atoms with Gasteiger partial charge in [-0.15, -0.1) is 0 Å². The van der Waals surface area contributed by atoms with Crippen LogP contribution in [0, 0.1) is 0 Å². The molecule has 3 unspecified atom stereocenters. The molecule has 0 radical (unpaired) electrons. The Balaban J connectivity index is 1.97. The average molecular weight is 255 g/mol. The van der Waals surface area contributed by atoms with Crippen LogP contribution in [0.2, 0.25) is 0 Å². The summed E-state index contributed by atoms with van der Waals surface area (Å²) in [5.41, 5.74) is 5.95. The lowest BCUT2D eigenvalue weighted by Crippen LogP contribution is -2.21. The summed E-state index contributed by atoms with van der Waals surface area (Å²) in [4.78, 5) is 4.36. The van der Waals surface area contributed by atoms with Crippen molar-refractivity contribution in [2.75, 3.05) is 13.2 Å². The van der Waals surface area contributed by atoms with Crippen molar-refractivity contribution in [3.8, 4) is 0 Å². The van der Waals surface area contributed by atoms with Crippen LogP contribution < -0.4 is 5.73 Å². The summed E-state index contributed by atoms with van der Waals surface area (Å²) in [6.45, 7) is 7.08. The van der Waals surface area contributed by atoms with Gasteiger partial charge in [0, 0.05) is 6.61 Å². The van der Waals surface area contributed by atoms with E-state index in [0.717, 1.165) is 13.0 Å². The van der Waals surface area contributed by atoms with E-state index in [2.05, 4.69) is 10.1 Å². The molecular formula is C12H21N3O3. The highest BCUT2D eigenvalue weighted by Crippen LogP contribution is 2.30. The Morgan fingerprint density at radius 3 is 2.89 bits per heavy atom. The van der Waals surface area contributed by atoms with Crippen molar-refractivity contribution in [2.45, 2.75) is 51.4 Å². The van der Waals surface area contributed by atoms with Crippen LogP contribution in [0.25, 0.3) is 0 Å². The molecule has 6 nitrogen and oxygen atoms in total. The molecule has 2 heterocycles. The maximum Gasteiger partial charge on any atom is 0.232 e. The van der Waals surface area contributed by atoms with Crippen molar-refractivity contribution in [2.24, 2.45) is 5.73 Å². The van der Waals surface area contributed by atoms with E-state index in [0.29, 0.717) is 18.3 Å². The Hall–Kier alpha value is -0.980. The van der Waals surface area contributed by atoms with Gasteiger partial charge in [-0.25, -0.2) is 0 Å². The Bertz CT molecular complexity index is 380. The predicted molar refractivity (Wildman–Crippen MR) is 65.1 cm³/mol. The molecule has 2 rings (SSSR count). The Labute approximate surface area is 107 Å². The number of aromatic nitrogens is 2. The van der Waals surface area contributed by atoms with Gasteiger partial charge >= 0.3 is 0 Å². The average Bonchev–Trinajstić information content (AvgIpc) is 2.93. The first-order valence-electron chi connectivity index (χ1n) is 6.40. The lowest BCUT2D eigenvalue weighted by atomic mass is 10.0. The number of hydrogen-bond donors (Lipinski definition) is 1. The molecule has 18 heavy (non-hydrogen) atoms. The van der Waals surface area contributed by atoms with Gasteiger partial charge in [0.2, 0.25) is 5.89 Å². The van der Waals surface area contributed by atoms with Crippen LogP contribution in [0.15, 0.2) is 4.52 Å². The fraction of sp³-hybridized carbons (Fsp3) is 0.833. The van der Waals surface area contributed by atoms with E-state index in [1.54, 1.807) is 0 Å². The summed E-state index contributed by atoms with van der Waals surface area (Å²) >= 11 is 0. The molecule has 1 aromatic heterocycles. The number of rotatable bonds is 5.